The van der Waals surface area contributed by atoms with E-state index >= 15 is 0 Å². The summed E-state index contributed by atoms with van der Waals surface area (Å²) < 4.78 is 11.2. The molecule has 0 bridgehead atoms. The molecule has 0 aromatic heterocycles. The highest BCUT2D eigenvalue weighted by Gasteiger charge is 2.09. The zero-order valence-corrected chi connectivity index (χ0v) is 18.0. The minimum absolute atomic E-state index is 0.215. The van der Waals surface area contributed by atoms with Crippen LogP contribution in [0.25, 0.3) is 10.8 Å². The van der Waals surface area contributed by atoms with Gasteiger partial charge in [0.05, 0.1) is 6.61 Å². The van der Waals surface area contributed by atoms with E-state index in [1.165, 1.54) is 5.56 Å². The van der Waals surface area contributed by atoms with E-state index < -0.39 is 11.8 Å². The Kier molecular flexibility index (Phi) is 7.18. The second-order valence-electron chi connectivity index (χ2n) is 7.41. The molecule has 0 aliphatic heterocycles. The fourth-order valence-corrected chi connectivity index (χ4v) is 3.27. The summed E-state index contributed by atoms with van der Waals surface area (Å²) in [5.41, 5.74) is 6.36. The highest BCUT2D eigenvalue weighted by Crippen LogP contribution is 2.20. The molecular weight excluding hydrogens is 416 g/mol. The number of carbonyl (C=O) groups excluding carboxylic acids is 2. The quantitative estimate of drug-likeness (QED) is 0.401. The minimum Gasteiger partial charge on any atom is -0.493 e. The van der Waals surface area contributed by atoms with Crippen LogP contribution in [-0.2, 0) is 11.2 Å². The van der Waals surface area contributed by atoms with Crippen LogP contribution in [-0.4, -0.2) is 25.0 Å². The van der Waals surface area contributed by atoms with Crippen LogP contribution in [0.3, 0.4) is 0 Å². The molecule has 33 heavy (non-hydrogen) atoms. The molecule has 2 N–H and O–H groups in total. The summed E-state index contributed by atoms with van der Waals surface area (Å²) in [6.45, 7) is 0.329. The lowest BCUT2D eigenvalue weighted by Gasteiger charge is -2.10. The van der Waals surface area contributed by atoms with Crippen molar-refractivity contribution in [2.45, 2.75) is 6.42 Å². The van der Waals surface area contributed by atoms with Gasteiger partial charge in [0.1, 0.15) is 11.5 Å². The van der Waals surface area contributed by atoms with Crippen molar-refractivity contribution in [3.63, 3.8) is 0 Å². The van der Waals surface area contributed by atoms with Gasteiger partial charge in [-0.3, -0.25) is 20.4 Å². The van der Waals surface area contributed by atoms with E-state index in [1.54, 1.807) is 30.3 Å². The summed E-state index contributed by atoms with van der Waals surface area (Å²) in [4.78, 5) is 24.3. The minimum atomic E-state index is -0.461. The normalized spacial score (nSPS) is 10.4. The Morgan fingerprint density at radius 2 is 1.36 bits per heavy atom. The molecule has 0 saturated carbocycles. The number of hydrazine groups is 1. The number of hydrogen-bond acceptors (Lipinski definition) is 4. The predicted molar refractivity (Wildman–Crippen MR) is 127 cm³/mol. The largest absolute Gasteiger partial charge is 0.493 e. The van der Waals surface area contributed by atoms with Crippen molar-refractivity contribution in [2.24, 2.45) is 0 Å². The van der Waals surface area contributed by atoms with E-state index in [4.69, 9.17) is 9.47 Å². The third kappa shape index (κ3) is 6.33. The SMILES string of the molecule is O=C(COc1ccc2ccccc2c1)NNC(=O)c1ccc(OCCc2ccccc2)cc1. The van der Waals surface area contributed by atoms with Crippen molar-refractivity contribution in [3.8, 4) is 11.5 Å². The second-order valence-corrected chi connectivity index (χ2v) is 7.41. The predicted octanol–water partition coefficient (Wildman–Crippen LogP) is 4.30. The van der Waals surface area contributed by atoms with Gasteiger partial charge in [0.25, 0.3) is 11.8 Å². The Bertz CT molecular complexity index is 1220. The lowest BCUT2D eigenvalue weighted by atomic mass is 10.1. The third-order valence-corrected chi connectivity index (χ3v) is 5.03. The third-order valence-electron chi connectivity index (χ3n) is 5.03. The summed E-state index contributed by atoms with van der Waals surface area (Å²) in [5, 5.41) is 2.12. The molecule has 0 fully saturated rings. The van der Waals surface area contributed by atoms with Crippen LogP contribution in [0.4, 0.5) is 0 Å². The first kappa shape index (κ1) is 21.9. The van der Waals surface area contributed by atoms with Crippen LogP contribution in [0.15, 0.2) is 97.1 Å². The first-order valence-electron chi connectivity index (χ1n) is 10.6. The van der Waals surface area contributed by atoms with Crippen LogP contribution in [0.2, 0.25) is 0 Å². The Morgan fingerprint density at radius 1 is 0.667 bits per heavy atom. The monoisotopic (exact) mass is 440 g/mol. The average molecular weight is 440 g/mol. The molecule has 0 spiro atoms. The van der Waals surface area contributed by atoms with Crippen LogP contribution in [0.5, 0.6) is 11.5 Å². The molecule has 4 aromatic carbocycles. The summed E-state index contributed by atoms with van der Waals surface area (Å²) in [5.74, 6) is 0.371. The Morgan fingerprint density at radius 3 is 2.15 bits per heavy atom. The Hall–Kier alpha value is -4.32. The zero-order valence-electron chi connectivity index (χ0n) is 18.0. The van der Waals surface area contributed by atoms with Crippen LogP contribution >= 0.6 is 0 Å². The van der Waals surface area contributed by atoms with Crippen LogP contribution < -0.4 is 20.3 Å². The topological polar surface area (TPSA) is 76.7 Å². The van der Waals surface area contributed by atoms with Crippen molar-refractivity contribution in [1.29, 1.82) is 0 Å². The van der Waals surface area contributed by atoms with Gasteiger partial charge in [0.2, 0.25) is 0 Å². The number of benzene rings is 4. The molecule has 6 nitrogen and oxygen atoms in total. The van der Waals surface area contributed by atoms with Gasteiger partial charge in [0, 0.05) is 12.0 Å². The first-order chi connectivity index (χ1) is 16.2. The van der Waals surface area contributed by atoms with E-state index in [0.717, 1.165) is 17.2 Å². The molecule has 2 amide bonds. The smallest absolute Gasteiger partial charge is 0.276 e. The standard InChI is InChI=1S/C27H24N2O4/c30-26(19-33-25-15-10-21-8-4-5-9-23(21)18-25)28-29-27(31)22-11-13-24(14-12-22)32-17-16-20-6-2-1-3-7-20/h1-15,18H,16-17,19H2,(H,28,30)(H,29,31). The van der Waals surface area contributed by atoms with E-state index in [2.05, 4.69) is 23.0 Å². The Labute approximate surface area is 192 Å². The highest BCUT2D eigenvalue weighted by molar-refractivity contribution is 5.95. The maximum absolute atomic E-state index is 12.3. The fourth-order valence-electron chi connectivity index (χ4n) is 3.27. The van der Waals surface area contributed by atoms with Crippen molar-refractivity contribution < 1.29 is 19.1 Å². The molecule has 0 unspecified atom stereocenters. The Balaban J connectivity index is 1.19. The first-order valence-corrected chi connectivity index (χ1v) is 10.6. The van der Waals surface area contributed by atoms with Crippen molar-refractivity contribution in [1.82, 2.24) is 10.9 Å². The van der Waals surface area contributed by atoms with E-state index in [1.807, 2.05) is 54.6 Å². The maximum Gasteiger partial charge on any atom is 0.276 e. The average Bonchev–Trinajstić information content (AvgIpc) is 2.87. The summed E-state index contributed by atoms with van der Waals surface area (Å²) >= 11 is 0. The summed E-state index contributed by atoms with van der Waals surface area (Å²) in [7, 11) is 0. The van der Waals surface area contributed by atoms with Crippen LogP contribution in [0, 0.1) is 0 Å². The van der Waals surface area contributed by atoms with Crippen molar-refractivity contribution in [2.75, 3.05) is 13.2 Å². The number of fused-ring (bicyclic) bond motifs is 1. The van der Waals surface area contributed by atoms with Crippen molar-refractivity contribution in [3.05, 3.63) is 108 Å². The molecule has 0 atom stereocenters. The summed E-state index contributed by atoms with van der Waals surface area (Å²) in [6, 6.07) is 30.3. The van der Waals surface area contributed by atoms with E-state index in [9.17, 15) is 9.59 Å². The molecule has 4 aromatic rings. The van der Waals surface area contributed by atoms with E-state index in [-0.39, 0.29) is 6.61 Å². The number of rotatable bonds is 8. The molecule has 0 radical (unpaired) electrons. The zero-order chi connectivity index (χ0) is 22.9. The van der Waals surface area contributed by atoms with E-state index in [0.29, 0.717) is 23.7 Å². The molecule has 6 heteroatoms. The number of nitrogens with one attached hydrogen (secondary N) is 2. The molecule has 4 rings (SSSR count). The lowest BCUT2D eigenvalue weighted by molar-refractivity contribution is -0.123. The van der Waals surface area contributed by atoms with Gasteiger partial charge >= 0.3 is 0 Å². The number of carbonyl (C=O) groups is 2. The molecule has 0 aliphatic carbocycles. The fraction of sp³-hybridized carbons (Fsp3) is 0.111. The summed E-state index contributed by atoms with van der Waals surface area (Å²) in [6.07, 6.45) is 0.802. The molecule has 0 saturated heterocycles. The lowest BCUT2D eigenvalue weighted by Crippen LogP contribution is -2.43. The molecular formula is C27H24N2O4. The molecule has 0 aliphatic rings. The van der Waals surface area contributed by atoms with Gasteiger partial charge in [-0.2, -0.15) is 0 Å². The van der Waals surface area contributed by atoms with Crippen molar-refractivity contribution >= 4 is 22.6 Å². The second kappa shape index (κ2) is 10.8. The molecule has 0 heterocycles. The van der Waals surface area contributed by atoms with Gasteiger partial charge in [-0.1, -0.05) is 60.7 Å². The van der Waals surface area contributed by atoms with Gasteiger partial charge in [-0.05, 0) is 52.7 Å². The number of ether oxygens (including phenoxy) is 2. The van der Waals surface area contributed by atoms with Gasteiger partial charge in [-0.25, -0.2) is 0 Å². The maximum atomic E-state index is 12.3. The van der Waals surface area contributed by atoms with Gasteiger partial charge in [0.15, 0.2) is 6.61 Å². The number of hydrogen-bond donors (Lipinski definition) is 2. The highest BCUT2D eigenvalue weighted by atomic mass is 16.5. The van der Waals surface area contributed by atoms with Crippen LogP contribution in [0.1, 0.15) is 15.9 Å². The van der Waals surface area contributed by atoms with Gasteiger partial charge in [-0.15, -0.1) is 0 Å². The molecule has 166 valence electrons. The number of amides is 2. The van der Waals surface area contributed by atoms with Gasteiger partial charge < -0.3 is 9.47 Å².